The van der Waals surface area contributed by atoms with E-state index in [0.29, 0.717) is 17.1 Å². The molecular weight excluding hydrogens is 276 g/mol. The summed E-state index contributed by atoms with van der Waals surface area (Å²) in [6.07, 6.45) is 5.03. The molecule has 0 radical (unpaired) electrons. The maximum atomic E-state index is 12.4. The maximum absolute atomic E-state index is 12.4. The van der Waals surface area contributed by atoms with Crippen LogP contribution in [-0.4, -0.2) is 20.9 Å². The molecule has 1 aromatic carbocycles. The number of para-hydroxylation sites is 1. The van der Waals surface area contributed by atoms with E-state index >= 15 is 0 Å². The zero-order valence-electron chi connectivity index (χ0n) is 12.0. The Morgan fingerprint density at radius 2 is 1.91 bits per heavy atom. The number of aromatic nitrogens is 3. The van der Waals surface area contributed by atoms with E-state index in [2.05, 4.69) is 20.3 Å². The molecule has 5 nitrogen and oxygen atoms in total. The molecule has 0 spiro atoms. The van der Waals surface area contributed by atoms with Crippen molar-refractivity contribution in [3.8, 4) is 11.3 Å². The highest BCUT2D eigenvalue weighted by Gasteiger charge is 2.14. The van der Waals surface area contributed by atoms with Gasteiger partial charge in [-0.2, -0.15) is 0 Å². The van der Waals surface area contributed by atoms with Gasteiger partial charge in [0.25, 0.3) is 5.91 Å². The largest absolute Gasteiger partial charge is 0.321 e. The molecule has 22 heavy (non-hydrogen) atoms. The Bertz CT molecular complexity index is 798. The summed E-state index contributed by atoms with van der Waals surface area (Å²) < 4.78 is 0. The molecule has 2 heterocycles. The Hall–Kier alpha value is -3.08. The molecular formula is C17H18N4O. The number of aryl methyl sites for hydroxylation is 1. The van der Waals surface area contributed by atoms with Gasteiger partial charge in [0.05, 0.1) is 17.6 Å². The van der Waals surface area contributed by atoms with Crippen LogP contribution in [0.4, 0.5) is 5.69 Å². The van der Waals surface area contributed by atoms with Gasteiger partial charge in [0.1, 0.15) is 5.69 Å². The molecule has 3 aromatic rings. The van der Waals surface area contributed by atoms with Crippen molar-refractivity contribution in [1.82, 2.24) is 15.0 Å². The second kappa shape index (κ2) is 6.13. The zero-order chi connectivity index (χ0) is 15.4. The van der Waals surface area contributed by atoms with Gasteiger partial charge >= 0.3 is 0 Å². The summed E-state index contributed by atoms with van der Waals surface area (Å²) in [6.45, 7) is 1.76. The van der Waals surface area contributed by atoms with E-state index in [4.69, 9.17) is 0 Å². The molecule has 0 aliphatic carbocycles. The Labute approximate surface area is 131 Å². The van der Waals surface area contributed by atoms with Gasteiger partial charge in [0.15, 0.2) is 0 Å². The van der Waals surface area contributed by atoms with E-state index in [0.717, 1.165) is 11.3 Å². The number of benzene rings is 1. The smallest absolute Gasteiger partial charge is 0.276 e. The number of nitrogens with one attached hydrogen (secondary N) is 1. The summed E-state index contributed by atoms with van der Waals surface area (Å²) in [5, 5.41) is 2.82. The molecule has 112 valence electrons. The highest BCUT2D eigenvalue weighted by Crippen LogP contribution is 2.17. The molecule has 0 unspecified atom stereocenters. The van der Waals surface area contributed by atoms with Gasteiger partial charge in [-0.15, -0.1) is 0 Å². The lowest BCUT2D eigenvalue weighted by Crippen LogP contribution is -2.16. The minimum Gasteiger partial charge on any atom is -0.321 e. The van der Waals surface area contributed by atoms with E-state index in [1.807, 2.05) is 42.5 Å². The number of pyridine rings is 1. The fourth-order valence-electron chi connectivity index (χ4n) is 2.03. The van der Waals surface area contributed by atoms with Crippen molar-refractivity contribution >= 4 is 11.6 Å². The summed E-state index contributed by atoms with van der Waals surface area (Å²) >= 11 is 0. The number of nitrogens with zero attached hydrogens (tertiary/aromatic N) is 3. The second-order valence-corrected chi connectivity index (χ2v) is 4.75. The zero-order valence-corrected chi connectivity index (χ0v) is 12.0. The lowest BCUT2D eigenvalue weighted by atomic mass is 10.2. The Balaban J connectivity index is 0.00000144. The number of rotatable bonds is 3. The molecule has 2 aromatic heterocycles. The third-order valence-corrected chi connectivity index (χ3v) is 3.16. The van der Waals surface area contributed by atoms with Crippen molar-refractivity contribution in [3.63, 3.8) is 0 Å². The van der Waals surface area contributed by atoms with Crippen LogP contribution in [0.25, 0.3) is 11.3 Å². The van der Waals surface area contributed by atoms with E-state index in [-0.39, 0.29) is 8.76 Å². The Morgan fingerprint density at radius 3 is 2.64 bits per heavy atom. The molecule has 0 aliphatic heterocycles. The summed E-state index contributed by atoms with van der Waals surface area (Å²) in [6, 6.07) is 13.0. The number of carbonyl (C=O) groups is 1. The first-order valence-corrected chi connectivity index (χ1v) is 6.84. The standard InChI is InChI=1S/C17H14N4O.2H2/c1-12-16(17(22)20-14-7-3-2-4-8-14)21-15(11-19-12)13-6-5-9-18-10-13;;/h2-11H,1H3,(H,20,22);2*1H. The van der Waals surface area contributed by atoms with Crippen molar-refractivity contribution in [1.29, 1.82) is 0 Å². The second-order valence-electron chi connectivity index (χ2n) is 4.75. The van der Waals surface area contributed by atoms with Gasteiger partial charge in [-0.05, 0) is 31.2 Å². The highest BCUT2D eigenvalue weighted by molar-refractivity contribution is 6.03. The molecule has 0 atom stereocenters. The van der Waals surface area contributed by atoms with Gasteiger partial charge < -0.3 is 5.32 Å². The molecule has 0 saturated heterocycles. The van der Waals surface area contributed by atoms with Gasteiger partial charge in [0.2, 0.25) is 0 Å². The predicted octanol–water partition coefficient (Wildman–Crippen LogP) is 3.59. The van der Waals surface area contributed by atoms with Crippen LogP contribution in [-0.2, 0) is 0 Å². The van der Waals surface area contributed by atoms with Crippen LogP contribution in [0.2, 0.25) is 0 Å². The first-order valence-electron chi connectivity index (χ1n) is 6.84. The van der Waals surface area contributed by atoms with Crippen molar-refractivity contribution in [2.24, 2.45) is 0 Å². The lowest BCUT2D eigenvalue weighted by Gasteiger charge is -2.08. The molecule has 0 fully saturated rings. The Morgan fingerprint density at radius 1 is 1.09 bits per heavy atom. The van der Waals surface area contributed by atoms with Crippen molar-refractivity contribution in [2.45, 2.75) is 6.92 Å². The maximum Gasteiger partial charge on any atom is 0.276 e. The number of anilines is 1. The number of hydrogen-bond donors (Lipinski definition) is 1. The summed E-state index contributed by atoms with van der Waals surface area (Å²) in [4.78, 5) is 25.1. The van der Waals surface area contributed by atoms with E-state index < -0.39 is 0 Å². The van der Waals surface area contributed by atoms with Crippen LogP contribution < -0.4 is 5.32 Å². The van der Waals surface area contributed by atoms with Crippen LogP contribution >= 0.6 is 0 Å². The van der Waals surface area contributed by atoms with E-state index in [1.54, 1.807) is 25.5 Å². The first kappa shape index (κ1) is 13.9. The van der Waals surface area contributed by atoms with E-state index in [1.165, 1.54) is 0 Å². The third kappa shape index (κ3) is 2.98. The van der Waals surface area contributed by atoms with Gasteiger partial charge in [0, 0.05) is 26.5 Å². The Kier molecular flexibility index (Phi) is 3.87. The average Bonchev–Trinajstić information content (AvgIpc) is 2.57. The van der Waals surface area contributed by atoms with Crippen molar-refractivity contribution < 1.29 is 7.65 Å². The molecule has 1 amide bonds. The number of amides is 1. The van der Waals surface area contributed by atoms with Crippen molar-refractivity contribution in [3.05, 3.63) is 72.4 Å². The van der Waals surface area contributed by atoms with Gasteiger partial charge in [-0.3, -0.25) is 14.8 Å². The molecule has 0 bridgehead atoms. The summed E-state index contributed by atoms with van der Waals surface area (Å²) in [5.41, 5.74) is 3.06. The first-order chi connectivity index (χ1) is 10.7. The summed E-state index contributed by atoms with van der Waals surface area (Å²) in [5.74, 6) is -0.276. The third-order valence-electron chi connectivity index (χ3n) is 3.16. The fourth-order valence-corrected chi connectivity index (χ4v) is 2.03. The highest BCUT2D eigenvalue weighted by atomic mass is 16.1. The fraction of sp³-hybridized carbons (Fsp3) is 0.0588. The average molecular weight is 294 g/mol. The molecule has 0 saturated carbocycles. The molecule has 1 N–H and O–H groups in total. The van der Waals surface area contributed by atoms with Crippen LogP contribution in [0.1, 0.15) is 19.0 Å². The summed E-state index contributed by atoms with van der Waals surface area (Å²) in [7, 11) is 0. The van der Waals surface area contributed by atoms with Gasteiger partial charge in [-0.1, -0.05) is 18.2 Å². The van der Waals surface area contributed by atoms with Gasteiger partial charge in [-0.25, -0.2) is 4.98 Å². The van der Waals surface area contributed by atoms with Crippen LogP contribution in [0.3, 0.4) is 0 Å². The topological polar surface area (TPSA) is 67.8 Å². The van der Waals surface area contributed by atoms with Crippen LogP contribution in [0.5, 0.6) is 0 Å². The predicted molar refractivity (Wildman–Crippen MR) is 88.6 cm³/mol. The van der Waals surface area contributed by atoms with Crippen LogP contribution in [0.15, 0.2) is 61.1 Å². The molecule has 5 heteroatoms. The van der Waals surface area contributed by atoms with E-state index in [9.17, 15) is 4.79 Å². The SMILES string of the molecule is Cc1ncc(-c2cccnc2)nc1C(=O)Nc1ccccc1.[HH].[HH]. The monoisotopic (exact) mass is 294 g/mol. The molecule has 0 aliphatic rings. The molecule has 3 rings (SSSR count). The minimum atomic E-state index is -0.276. The normalized spacial score (nSPS) is 10.2. The lowest BCUT2D eigenvalue weighted by molar-refractivity contribution is 0.102. The van der Waals surface area contributed by atoms with Crippen LogP contribution in [0, 0.1) is 6.92 Å². The quantitative estimate of drug-likeness (QED) is 0.801. The number of hydrogen-bond acceptors (Lipinski definition) is 4. The minimum absolute atomic E-state index is 0. The number of carbonyl (C=O) groups excluding carboxylic acids is 1. The van der Waals surface area contributed by atoms with Crippen molar-refractivity contribution in [2.75, 3.05) is 5.32 Å².